The lowest BCUT2D eigenvalue weighted by Crippen LogP contribution is -2.34. The highest BCUT2D eigenvalue weighted by atomic mass is 19.3. The second-order valence-corrected chi connectivity index (χ2v) is 4.61. The molecule has 1 unspecified atom stereocenters. The topological polar surface area (TPSA) is 71.5 Å². The molecule has 7 heteroatoms. The van der Waals surface area contributed by atoms with Gasteiger partial charge in [0, 0.05) is 24.4 Å². The Morgan fingerprint density at radius 1 is 1.50 bits per heavy atom. The minimum absolute atomic E-state index is 0.0256. The minimum atomic E-state index is -2.60. The molecule has 0 spiro atoms. The normalized spacial score (nSPS) is 12.6. The number of nitrogens with one attached hydrogen (secondary N) is 1. The van der Waals surface area contributed by atoms with Crippen molar-refractivity contribution in [2.45, 2.75) is 26.4 Å². The first-order valence-electron chi connectivity index (χ1n) is 6.23. The van der Waals surface area contributed by atoms with E-state index in [1.165, 1.54) is 18.3 Å². The first-order valence-corrected chi connectivity index (χ1v) is 6.23. The van der Waals surface area contributed by atoms with Crippen LogP contribution in [0.1, 0.15) is 24.2 Å². The van der Waals surface area contributed by atoms with E-state index >= 15 is 0 Å². The Kier molecular flexibility index (Phi) is 6.30. The van der Waals surface area contributed by atoms with Crippen LogP contribution in [0.5, 0.6) is 5.88 Å². The third-order valence-corrected chi connectivity index (χ3v) is 2.60. The largest absolute Gasteiger partial charge is 0.472 e. The van der Waals surface area contributed by atoms with Crippen molar-refractivity contribution < 1.29 is 23.4 Å². The number of amides is 1. The summed E-state index contributed by atoms with van der Waals surface area (Å²) in [6, 6.07) is 2.71. The SMILES string of the molecule is CC(C)C(O)CNC(=O)c1ccnc(OCC(F)F)c1. The van der Waals surface area contributed by atoms with Gasteiger partial charge in [0.25, 0.3) is 12.3 Å². The van der Waals surface area contributed by atoms with Gasteiger partial charge in [-0.25, -0.2) is 13.8 Å². The molecule has 0 aliphatic rings. The average Bonchev–Trinajstić information content (AvgIpc) is 2.42. The number of aliphatic hydroxyl groups excluding tert-OH is 1. The molecule has 1 rings (SSSR count). The summed E-state index contributed by atoms with van der Waals surface area (Å²) in [6.07, 6.45) is -1.94. The number of alkyl halides is 2. The maximum atomic E-state index is 12.0. The molecular weight excluding hydrogens is 270 g/mol. The first-order chi connectivity index (χ1) is 9.40. The third kappa shape index (κ3) is 5.48. The van der Waals surface area contributed by atoms with Crippen molar-refractivity contribution in [3.05, 3.63) is 23.9 Å². The molecule has 0 saturated carbocycles. The molecule has 0 aliphatic carbocycles. The van der Waals surface area contributed by atoms with Gasteiger partial charge in [-0.3, -0.25) is 4.79 Å². The van der Waals surface area contributed by atoms with Crippen molar-refractivity contribution >= 4 is 5.91 Å². The van der Waals surface area contributed by atoms with E-state index in [1.54, 1.807) is 0 Å². The third-order valence-electron chi connectivity index (χ3n) is 2.60. The molecule has 0 bridgehead atoms. The predicted molar refractivity (Wildman–Crippen MR) is 68.9 cm³/mol. The monoisotopic (exact) mass is 288 g/mol. The Morgan fingerprint density at radius 3 is 2.80 bits per heavy atom. The molecule has 0 fully saturated rings. The number of nitrogens with zero attached hydrogens (tertiary/aromatic N) is 1. The van der Waals surface area contributed by atoms with Gasteiger partial charge in [-0.05, 0) is 12.0 Å². The summed E-state index contributed by atoms with van der Waals surface area (Å²) in [7, 11) is 0. The number of aliphatic hydroxyl groups is 1. The second kappa shape index (κ2) is 7.74. The molecule has 1 atom stereocenters. The molecule has 0 radical (unpaired) electrons. The lowest BCUT2D eigenvalue weighted by Gasteiger charge is -2.15. The fourth-order valence-electron chi connectivity index (χ4n) is 1.31. The smallest absolute Gasteiger partial charge is 0.272 e. The van der Waals surface area contributed by atoms with Crippen LogP contribution in [0.25, 0.3) is 0 Å². The molecule has 0 aliphatic heterocycles. The second-order valence-electron chi connectivity index (χ2n) is 4.61. The van der Waals surface area contributed by atoms with E-state index in [0.717, 1.165) is 0 Å². The van der Waals surface area contributed by atoms with Crippen molar-refractivity contribution in [1.82, 2.24) is 10.3 Å². The van der Waals surface area contributed by atoms with Crippen LogP contribution in [0.4, 0.5) is 8.78 Å². The Morgan fingerprint density at radius 2 is 2.20 bits per heavy atom. The molecule has 20 heavy (non-hydrogen) atoms. The Hall–Kier alpha value is -1.76. The summed E-state index contributed by atoms with van der Waals surface area (Å²) >= 11 is 0. The summed E-state index contributed by atoms with van der Waals surface area (Å²) < 4.78 is 28.7. The molecular formula is C13H18F2N2O3. The number of rotatable bonds is 7. The number of halogens is 2. The van der Waals surface area contributed by atoms with E-state index in [2.05, 4.69) is 10.3 Å². The standard InChI is InChI=1S/C13H18F2N2O3/c1-8(2)10(18)6-17-13(19)9-3-4-16-12(5-9)20-7-11(14)15/h3-5,8,10-11,18H,6-7H2,1-2H3,(H,17,19). The number of ether oxygens (including phenoxy) is 1. The summed E-state index contributed by atoms with van der Waals surface area (Å²) in [4.78, 5) is 15.5. The number of aromatic nitrogens is 1. The minimum Gasteiger partial charge on any atom is -0.472 e. The number of carbonyl (C=O) groups is 1. The molecule has 1 aromatic heterocycles. The number of pyridine rings is 1. The van der Waals surface area contributed by atoms with Gasteiger partial charge >= 0.3 is 0 Å². The van der Waals surface area contributed by atoms with Crippen molar-refractivity contribution in [2.75, 3.05) is 13.2 Å². The van der Waals surface area contributed by atoms with E-state index in [1.807, 2.05) is 13.8 Å². The number of hydrogen-bond donors (Lipinski definition) is 2. The van der Waals surface area contributed by atoms with Crippen molar-refractivity contribution in [3.8, 4) is 5.88 Å². The maximum absolute atomic E-state index is 12.0. The zero-order valence-corrected chi connectivity index (χ0v) is 11.3. The molecule has 5 nitrogen and oxygen atoms in total. The van der Waals surface area contributed by atoms with E-state index in [0.29, 0.717) is 0 Å². The summed E-state index contributed by atoms with van der Waals surface area (Å²) in [5, 5.41) is 12.1. The van der Waals surface area contributed by atoms with Crippen LogP contribution in [-0.4, -0.2) is 41.7 Å². The van der Waals surface area contributed by atoms with Crippen LogP contribution < -0.4 is 10.1 Å². The zero-order chi connectivity index (χ0) is 15.1. The Bertz CT molecular complexity index is 441. The quantitative estimate of drug-likeness (QED) is 0.797. The number of carbonyl (C=O) groups excluding carboxylic acids is 1. The van der Waals surface area contributed by atoms with Gasteiger partial charge in [0.15, 0.2) is 6.61 Å². The van der Waals surface area contributed by atoms with Gasteiger partial charge in [0.1, 0.15) is 0 Å². The van der Waals surface area contributed by atoms with E-state index in [4.69, 9.17) is 4.74 Å². The predicted octanol–water partition coefficient (Wildman–Crippen LogP) is 1.47. The van der Waals surface area contributed by atoms with Crippen LogP contribution in [0.3, 0.4) is 0 Å². The van der Waals surface area contributed by atoms with Crippen molar-refractivity contribution in [2.24, 2.45) is 5.92 Å². The van der Waals surface area contributed by atoms with Crippen LogP contribution in [-0.2, 0) is 0 Å². The molecule has 0 aromatic carbocycles. The fraction of sp³-hybridized carbons (Fsp3) is 0.538. The van der Waals surface area contributed by atoms with E-state index in [9.17, 15) is 18.7 Å². The van der Waals surface area contributed by atoms with Gasteiger partial charge in [0.05, 0.1) is 6.10 Å². The molecule has 1 heterocycles. The van der Waals surface area contributed by atoms with Gasteiger partial charge in [-0.1, -0.05) is 13.8 Å². The molecule has 112 valence electrons. The van der Waals surface area contributed by atoms with Crippen LogP contribution in [0.15, 0.2) is 18.3 Å². The molecule has 1 amide bonds. The van der Waals surface area contributed by atoms with Gasteiger partial charge in [0.2, 0.25) is 5.88 Å². The highest BCUT2D eigenvalue weighted by Crippen LogP contribution is 2.10. The van der Waals surface area contributed by atoms with E-state index in [-0.39, 0.29) is 23.9 Å². The van der Waals surface area contributed by atoms with Gasteiger partial charge < -0.3 is 15.2 Å². The number of hydrogen-bond acceptors (Lipinski definition) is 4. The zero-order valence-electron chi connectivity index (χ0n) is 11.3. The molecule has 1 aromatic rings. The van der Waals surface area contributed by atoms with Crippen LogP contribution in [0.2, 0.25) is 0 Å². The fourth-order valence-corrected chi connectivity index (χ4v) is 1.31. The van der Waals surface area contributed by atoms with E-state index < -0.39 is 25.0 Å². The highest BCUT2D eigenvalue weighted by molar-refractivity contribution is 5.94. The Labute approximate surface area is 116 Å². The van der Waals surface area contributed by atoms with Crippen molar-refractivity contribution in [1.29, 1.82) is 0 Å². The summed E-state index contributed by atoms with van der Waals surface area (Å²) in [6.45, 7) is 3.01. The van der Waals surface area contributed by atoms with Gasteiger partial charge in [-0.2, -0.15) is 0 Å². The summed E-state index contributed by atoms with van der Waals surface area (Å²) in [5.74, 6) is -0.436. The van der Waals surface area contributed by atoms with Crippen LogP contribution in [0, 0.1) is 5.92 Å². The lowest BCUT2D eigenvalue weighted by molar-refractivity contribution is 0.0793. The van der Waals surface area contributed by atoms with Crippen LogP contribution >= 0.6 is 0 Å². The lowest BCUT2D eigenvalue weighted by atomic mass is 10.1. The summed E-state index contributed by atoms with van der Waals surface area (Å²) in [5.41, 5.74) is 0.236. The first kappa shape index (κ1) is 16.3. The Balaban J connectivity index is 2.57. The molecule has 2 N–H and O–H groups in total. The van der Waals surface area contributed by atoms with Crippen molar-refractivity contribution in [3.63, 3.8) is 0 Å². The maximum Gasteiger partial charge on any atom is 0.272 e. The highest BCUT2D eigenvalue weighted by Gasteiger charge is 2.13. The van der Waals surface area contributed by atoms with Gasteiger partial charge in [-0.15, -0.1) is 0 Å². The molecule has 0 saturated heterocycles. The average molecular weight is 288 g/mol.